The predicted octanol–water partition coefficient (Wildman–Crippen LogP) is 3.01. The summed E-state index contributed by atoms with van der Waals surface area (Å²) >= 11 is 7.60. The summed E-state index contributed by atoms with van der Waals surface area (Å²) in [5.41, 5.74) is 0. The van der Waals surface area contributed by atoms with Gasteiger partial charge in [0.15, 0.2) is 0 Å². The molecule has 0 saturated heterocycles. The maximum absolute atomic E-state index is 11.2. The van der Waals surface area contributed by atoms with Gasteiger partial charge in [-0.2, -0.15) is 0 Å². The molecule has 0 aromatic heterocycles. The van der Waals surface area contributed by atoms with Crippen molar-refractivity contribution in [1.82, 2.24) is 0 Å². The van der Waals surface area contributed by atoms with Crippen molar-refractivity contribution in [3.63, 3.8) is 0 Å². The van der Waals surface area contributed by atoms with Gasteiger partial charge in [0, 0.05) is 0 Å². The molecule has 1 aliphatic heterocycles. The second-order valence-corrected chi connectivity index (χ2v) is 12.5. The summed E-state index contributed by atoms with van der Waals surface area (Å²) in [5, 5.41) is 0. The van der Waals surface area contributed by atoms with Crippen LogP contribution in [0.15, 0.2) is 12.2 Å². The van der Waals surface area contributed by atoms with E-state index in [0.717, 1.165) is 8.35 Å². The van der Waals surface area contributed by atoms with Crippen molar-refractivity contribution in [2.24, 2.45) is 0 Å². The van der Waals surface area contributed by atoms with E-state index < -0.39 is 29.7 Å². The van der Waals surface area contributed by atoms with Crippen molar-refractivity contribution in [2.45, 2.75) is 8.35 Å². The first-order chi connectivity index (χ1) is 5.70. The van der Waals surface area contributed by atoms with E-state index >= 15 is 0 Å². The Hall–Kier alpha value is 1.30. The van der Waals surface area contributed by atoms with Gasteiger partial charge in [-0.1, -0.05) is 0 Å². The van der Waals surface area contributed by atoms with Crippen LogP contribution < -0.4 is 0 Å². The summed E-state index contributed by atoms with van der Waals surface area (Å²) in [6.45, 7) is 0. The van der Waals surface area contributed by atoms with Crippen LogP contribution in [0.4, 0.5) is 0 Å². The second kappa shape index (κ2) is 5.25. The Bertz CT molecular complexity index is 207. The van der Waals surface area contributed by atoms with Crippen molar-refractivity contribution in [3.8, 4) is 0 Å². The third-order valence-electron chi connectivity index (χ3n) is 1.41. The van der Waals surface area contributed by atoms with Crippen LogP contribution in [0.1, 0.15) is 0 Å². The van der Waals surface area contributed by atoms with E-state index in [9.17, 15) is 4.57 Å². The van der Waals surface area contributed by atoms with E-state index in [-0.39, 0.29) is 0 Å². The molecule has 0 radical (unpaired) electrons. The molecule has 0 aliphatic carbocycles. The zero-order valence-electron chi connectivity index (χ0n) is 5.98. The summed E-state index contributed by atoms with van der Waals surface area (Å²) in [6, 6.07) is 0. The minimum atomic E-state index is -3.65. The third-order valence-corrected chi connectivity index (χ3v) is 12.6. The monoisotopic (exact) mass is 334 g/mol. The molecule has 0 aromatic carbocycles. The maximum atomic E-state index is 11.2. The Morgan fingerprint density at radius 2 is 1.75 bits per heavy atom. The van der Waals surface area contributed by atoms with Crippen molar-refractivity contribution < 1.29 is 15.4 Å². The van der Waals surface area contributed by atoms with Crippen molar-refractivity contribution in [1.29, 1.82) is 0 Å². The summed E-state index contributed by atoms with van der Waals surface area (Å²) in [5.74, 6) is 0. The predicted molar refractivity (Wildman–Crippen MR) is 47.1 cm³/mol. The van der Waals surface area contributed by atoms with Crippen LogP contribution >= 0.6 is 31.6 Å². The number of hydrogen-bond donors (Lipinski definition) is 0. The van der Waals surface area contributed by atoms with Crippen molar-refractivity contribution in [3.05, 3.63) is 12.2 Å². The van der Waals surface area contributed by atoms with Gasteiger partial charge in [0.1, 0.15) is 0 Å². The first-order valence-corrected chi connectivity index (χ1v) is 11.3. The van der Waals surface area contributed by atoms with Crippen LogP contribution in [0.3, 0.4) is 0 Å². The number of allylic oxidation sites excluding steroid dienone is 2. The quantitative estimate of drug-likeness (QED) is 0.585. The van der Waals surface area contributed by atoms with E-state index in [1.54, 1.807) is 0 Å². The fraction of sp³-hybridized carbons (Fsp3) is 0.500. The second-order valence-electron chi connectivity index (χ2n) is 2.26. The Labute approximate surface area is 88.9 Å². The van der Waals surface area contributed by atoms with Crippen LogP contribution in [-0.2, 0) is 15.4 Å². The van der Waals surface area contributed by atoms with E-state index in [0.29, 0.717) is 0 Å². The van der Waals surface area contributed by atoms with Gasteiger partial charge in [-0.25, -0.2) is 0 Å². The summed E-state index contributed by atoms with van der Waals surface area (Å²) in [6.07, 6.45) is 3.99. The van der Waals surface area contributed by atoms with E-state index in [1.165, 1.54) is 0 Å². The third kappa shape index (κ3) is 3.22. The van der Waals surface area contributed by atoms with Gasteiger partial charge in [-0.15, -0.1) is 0 Å². The van der Waals surface area contributed by atoms with Crippen LogP contribution in [0, 0.1) is 0 Å². The van der Waals surface area contributed by atoms with Gasteiger partial charge in [0.05, 0.1) is 0 Å². The average molecular weight is 335 g/mol. The molecule has 0 spiro atoms. The molecule has 1 aliphatic rings. The van der Waals surface area contributed by atoms with Gasteiger partial charge in [0.2, 0.25) is 0 Å². The fourth-order valence-corrected chi connectivity index (χ4v) is 11.6. The molecular formula is C4H6Cl2InO4P. The molecule has 0 amide bonds. The number of phosphoric acid groups is 1. The first-order valence-electron chi connectivity index (χ1n) is 3.24. The standard InChI is InChI=1S/C4H6.Cl2HO4P.In/c1-3-4-2;1-5-7(3,4)6-2;/h3-4H,1-2H2;(H,3,4);/q;;+1/p-1. The van der Waals surface area contributed by atoms with Crippen molar-refractivity contribution in [2.75, 3.05) is 0 Å². The van der Waals surface area contributed by atoms with Crippen LogP contribution in [0.2, 0.25) is 8.35 Å². The molecule has 4 nitrogen and oxygen atoms in total. The summed E-state index contributed by atoms with van der Waals surface area (Å²) in [4.78, 5) is 0. The molecule has 0 unspecified atom stereocenters. The Morgan fingerprint density at radius 3 is 2.17 bits per heavy atom. The van der Waals surface area contributed by atoms with E-state index in [1.807, 2.05) is 12.2 Å². The SMILES string of the molecule is O=P(OCl)(OCl)[O][In]1[CH2]C=C[CH2]1. The van der Waals surface area contributed by atoms with Gasteiger partial charge in [-0.05, 0) is 0 Å². The molecule has 0 fully saturated rings. The topological polar surface area (TPSA) is 44.8 Å². The summed E-state index contributed by atoms with van der Waals surface area (Å²) in [7, 11) is -3.65. The number of rotatable bonds is 4. The van der Waals surface area contributed by atoms with E-state index in [2.05, 4.69) is 8.15 Å². The fourth-order valence-electron chi connectivity index (χ4n) is 0.904. The number of halogens is 2. The Kier molecular flexibility index (Phi) is 4.97. The normalized spacial score (nSPS) is 17.3. The molecule has 8 heteroatoms. The molecule has 0 aromatic rings. The van der Waals surface area contributed by atoms with Gasteiger partial charge in [-0.3, -0.25) is 0 Å². The molecule has 1 heterocycles. The minimum absolute atomic E-state index is 0.867. The molecule has 1 rings (SSSR count). The van der Waals surface area contributed by atoms with Gasteiger partial charge < -0.3 is 0 Å². The van der Waals surface area contributed by atoms with Gasteiger partial charge >= 0.3 is 89.3 Å². The van der Waals surface area contributed by atoms with Crippen LogP contribution in [-0.4, -0.2) is 21.9 Å². The Morgan fingerprint density at radius 1 is 1.25 bits per heavy atom. The first kappa shape index (κ1) is 11.4. The molecule has 0 saturated carbocycles. The molecule has 0 bridgehead atoms. The molecular weight excluding hydrogens is 329 g/mol. The zero-order chi connectivity index (χ0) is 9.03. The number of hydrogen-bond acceptors (Lipinski definition) is 4. The summed E-state index contributed by atoms with van der Waals surface area (Å²) < 4.78 is 26.1. The Balaban J connectivity index is 2.42. The zero-order valence-corrected chi connectivity index (χ0v) is 11.7. The van der Waals surface area contributed by atoms with Gasteiger partial charge in [0.25, 0.3) is 0 Å². The average Bonchev–Trinajstić information content (AvgIpc) is 2.57. The van der Waals surface area contributed by atoms with Crippen molar-refractivity contribution >= 4 is 53.4 Å². The molecule has 0 atom stereocenters. The molecule has 12 heavy (non-hydrogen) atoms. The van der Waals surface area contributed by atoms with Crippen LogP contribution in [0.25, 0.3) is 0 Å². The van der Waals surface area contributed by atoms with E-state index in [4.69, 9.17) is 26.4 Å². The van der Waals surface area contributed by atoms with Crippen LogP contribution in [0.5, 0.6) is 0 Å². The molecule has 0 N–H and O–H groups in total. The molecule has 68 valence electrons.